The third-order valence-electron chi connectivity index (χ3n) is 2.75. The Labute approximate surface area is 127 Å². The first-order valence-electron chi connectivity index (χ1n) is 5.97. The molecular weight excluding hydrogens is 297 g/mol. The second kappa shape index (κ2) is 6.64. The molecule has 20 heavy (non-hydrogen) atoms. The van der Waals surface area contributed by atoms with Crippen LogP contribution in [0.15, 0.2) is 42.5 Å². The first kappa shape index (κ1) is 14.7. The lowest BCUT2D eigenvalue weighted by Crippen LogP contribution is -2.15. The lowest BCUT2D eigenvalue weighted by molar-refractivity contribution is -0.115. The van der Waals surface area contributed by atoms with Crippen LogP contribution >= 0.6 is 23.2 Å². The molecule has 0 radical (unpaired) electrons. The van der Waals surface area contributed by atoms with Crippen LogP contribution in [0.5, 0.6) is 5.75 Å². The third kappa shape index (κ3) is 3.65. The topological polar surface area (TPSA) is 38.3 Å². The summed E-state index contributed by atoms with van der Waals surface area (Å²) in [6.45, 7) is 0. The number of hydrogen-bond donors (Lipinski definition) is 1. The van der Waals surface area contributed by atoms with Gasteiger partial charge in [0.15, 0.2) is 0 Å². The highest BCUT2D eigenvalue weighted by molar-refractivity contribution is 6.39. The van der Waals surface area contributed by atoms with E-state index in [4.69, 9.17) is 27.9 Å². The molecular formula is C15H13Cl2NO2. The lowest BCUT2D eigenvalue weighted by Gasteiger charge is -2.09. The van der Waals surface area contributed by atoms with Crippen molar-refractivity contribution in [2.24, 2.45) is 0 Å². The molecule has 0 unspecified atom stereocenters. The van der Waals surface area contributed by atoms with Gasteiger partial charge < -0.3 is 10.1 Å². The van der Waals surface area contributed by atoms with Crippen LogP contribution in [0.25, 0.3) is 0 Å². The number of nitrogens with one attached hydrogen (secondary N) is 1. The van der Waals surface area contributed by atoms with Crippen LogP contribution in [0, 0.1) is 0 Å². The van der Waals surface area contributed by atoms with Gasteiger partial charge in [-0.15, -0.1) is 0 Å². The van der Waals surface area contributed by atoms with Crippen LogP contribution in [0.3, 0.4) is 0 Å². The Morgan fingerprint density at radius 2 is 1.70 bits per heavy atom. The maximum atomic E-state index is 12.0. The van der Waals surface area contributed by atoms with Gasteiger partial charge in [0.1, 0.15) is 5.75 Å². The van der Waals surface area contributed by atoms with Gasteiger partial charge in [0, 0.05) is 0 Å². The molecule has 0 saturated carbocycles. The van der Waals surface area contributed by atoms with E-state index >= 15 is 0 Å². The predicted molar refractivity (Wildman–Crippen MR) is 81.8 cm³/mol. The monoisotopic (exact) mass is 309 g/mol. The molecule has 3 nitrogen and oxygen atoms in total. The normalized spacial score (nSPS) is 10.2. The molecule has 0 aliphatic carbocycles. The molecule has 0 aliphatic heterocycles. The zero-order chi connectivity index (χ0) is 14.5. The number of carbonyl (C=O) groups is 1. The van der Waals surface area contributed by atoms with E-state index in [2.05, 4.69) is 5.32 Å². The maximum Gasteiger partial charge on any atom is 0.228 e. The Balaban J connectivity index is 2.05. The molecule has 0 aliphatic rings. The number of amides is 1. The Morgan fingerprint density at radius 1 is 1.10 bits per heavy atom. The summed E-state index contributed by atoms with van der Waals surface area (Å²) in [6.07, 6.45) is 0.242. The molecule has 0 spiro atoms. The second-order valence-corrected chi connectivity index (χ2v) is 4.98. The molecule has 1 amide bonds. The van der Waals surface area contributed by atoms with Crippen LogP contribution in [0.4, 0.5) is 5.69 Å². The van der Waals surface area contributed by atoms with Crippen molar-refractivity contribution in [1.82, 2.24) is 0 Å². The average Bonchev–Trinajstić information content (AvgIpc) is 2.44. The summed E-state index contributed by atoms with van der Waals surface area (Å²) >= 11 is 12.0. The van der Waals surface area contributed by atoms with Gasteiger partial charge in [-0.2, -0.15) is 0 Å². The van der Waals surface area contributed by atoms with Crippen LogP contribution in [-0.2, 0) is 11.2 Å². The van der Waals surface area contributed by atoms with Crippen LogP contribution < -0.4 is 10.1 Å². The summed E-state index contributed by atoms with van der Waals surface area (Å²) in [6, 6.07) is 12.4. The summed E-state index contributed by atoms with van der Waals surface area (Å²) in [4.78, 5) is 12.0. The molecule has 2 aromatic carbocycles. The molecule has 0 atom stereocenters. The van der Waals surface area contributed by atoms with Crippen LogP contribution in [0.2, 0.25) is 10.0 Å². The summed E-state index contributed by atoms with van der Waals surface area (Å²) in [5.74, 6) is 0.577. The lowest BCUT2D eigenvalue weighted by atomic mass is 10.1. The van der Waals surface area contributed by atoms with E-state index in [1.54, 1.807) is 25.3 Å². The largest absolute Gasteiger partial charge is 0.497 e. The fourth-order valence-electron chi connectivity index (χ4n) is 1.73. The highest BCUT2D eigenvalue weighted by atomic mass is 35.5. The molecule has 104 valence electrons. The molecule has 0 saturated heterocycles. The third-order valence-corrected chi connectivity index (χ3v) is 3.38. The fraction of sp³-hybridized carbons (Fsp3) is 0.133. The molecule has 5 heteroatoms. The van der Waals surface area contributed by atoms with E-state index in [-0.39, 0.29) is 12.3 Å². The van der Waals surface area contributed by atoms with E-state index in [9.17, 15) is 4.79 Å². The zero-order valence-corrected chi connectivity index (χ0v) is 12.3. The van der Waals surface area contributed by atoms with Crippen molar-refractivity contribution in [2.75, 3.05) is 12.4 Å². The number of methoxy groups -OCH3 is 1. The van der Waals surface area contributed by atoms with Gasteiger partial charge in [0.25, 0.3) is 0 Å². The van der Waals surface area contributed by atoms with Gasteiger partial charge >= 0.3 is 0 Å². The average molecular weight is 310 g/mol. The van der Waals surface area contributed by atoms with E-state index in [1.807, 2.05) is 24.3 Å². The number of carbonyl (C=O) groups excluding carboxylic acids is 1. The quantitative estimate of drug-likeness (QED) is 0.920. The Kier molecular flexibility index (Phi) is 4.88. The van der Waals surface area contributed by atoms with E-state index in [0.29, 0.717) is 15.7 Å². The summed E-state index contributed by atoms with van der Waals surface area (Å²) in [5, 5.41) is 3.56. The van der Waals surface area contributed by atoms with Gasteiger partial charge in [-0.05, 0) is 29.8 Å². The van der Waals surface area contributed by atoms with Gasteiger partial charge in [-0.1, -0.05) is 41.4 Å². The molecule has 2 rings (SSSR count). The number of para-hydroxylation sites is 1. The Morgan fingerprint density at radius 3 is 2.25 bits per heavy atom. The van der Waals surface area contributed by atoms with Crippen molar-refractivity contribution in [3.63, 3.8) is 0 Å². The first-order valence-corrected chi connectivity index (χ1v) is 6.72. The molecule has 0 aromatic heterocycles. The minimum absolute atomic E-state index is 0.176. The SMILES string of the molecule is COc1ccc(CC(=O)Nc2c(Cl)cccc2Cl)cc1. The summed E-state index contributed by atoms with van der Waals surface area (Å²) in [7, 11) is 1.60. The van der Waals surface area contributed by atoms with Crippen molar-refractivity contribution in [3.05, 3.63) is 58.1 Å². The molecule has 1 N–H and O–H groups in total. The number of ether oxygens (including phenoxy) is 1. The van der Waals surface area contributed by atoms with Crippen molar-refractivity contribution in [3.8, 4) is 5.75 Å². The summed E-state index contributed by atoms with van der Waals surface area (Å²) in [5.41, 5.74) is 1.32. The van der Waals surface area contributed by atoms with Crippen LogP contribution in [-0.4, -0.2) is 13.0 Å². The molecule has 0 fully saturated rings. The highest BCUT2D eigenvalue weighted by Crippen LogP contribution is 2.29. The van der Waals surface area contributed by atoms with E-state index in [1.165, 1.54) is 0 Å². The smallest absolute Gasteiger partial charge is 0.228 e. The minimum atomic E-state index is -0.176. The fourth-order valence-corrected chi connectivity index (χ4v) is 2.22. The summed E-state index contributed by atoms with van der Waals surface area (Å²) < 4.78 is 5.07. The predicted octanol–water partition coefficient (Wildman–Crippen LogP) is 4.18. The van der Waals surface area contributed by atoms with E-state index < -0.39 is 0 Å². The Hall–Kier alpha value is -1.71. The zero-order valence-electron chi connectivity index (χ0n) is 10.8. The number of anilines is 1. The molecule has 0 bridgehead atoms. The van der Waals surface area contributed by atoms with Gasteiger partial charge in [0.2, 0.25) is 5.91 Å². The van der Waals surface area contributed by atoms with Gasteiger partial charge in [-0.3, -0.25) is 4.79 Å². The number of rotatable bonds is 4. The Bertz CT molecular complexity index is 592. The second-order valence-electron chi connectivity index (χ2n) is 4.17. The number of halogens is 2. The highest BCUT2D eigenvalue weighted by Gasteiger charge is 2.10. The minimum Gasteiger partial charge on any atom is -0.497 e. The molecule has 0 heterocycles. The number of hydrogen-bond acceptors (Lipinski definition) is 2. The van der Waals surface area contributed by atoms with Crippen molar-refractivity contribution in [1.29, 1.82) is 0 Å². The standard InChI is InChI=1S/C15H13Cl2NO2/c1-20-11-7-5-10(6-8-11)9-14(19)18-15-12(16)3-2-4-13(15)17/h2-8H,9H2,1H3,(H,18,19). The van der Waals surface area contributed by atoms with Crippen molar-refractivity contribution in [2.45, 2.75) is 6.42 Å². The van der Waals surface area contributed by atoms with Gasteiger partial charge in [0.05, 0.1) is 29.3 Å². The van der Waals surface area contributed by atoms with E-state index in [0.717, 1.165) is 11.3 Å². The molecule has 2 aromatic rings. The maximum absolute atomic E-state index is 12.0. The van der Waals surface area contributed by atoms with Crippen molar-refractivity contribution >= 4 is 34.8 Å². The van der Waals surface area contributed by atoms with Crippen LogP contribution in [0.1, 0.15) is 5.56 Å². The van der Waals surface area contributed by atoms with Crippen molar-refractivity contribution < 1.29 is 9.53 Å². The first-order chi connectivity index (χ1) is 9.60. The van der Waals surface area contributed by atoms with Gasteiger partial charge in [-0.25, -0.2) is 0 Å². The number of benzene rings is 2.